The molecule has 2 aromatic rings. The molecule has 32 heavy (non-hydrogen) atoms. The molecule has 4 fully saturated rings. The third-order valence-corrected chi connectivity index (χ3v) is 6.60. The van der Waals surface area contributed by atoms with Crippen molar-refractivity contribution in [2.45, 2.75) is 50.1 Å². The number of rotatable bonds is 4. The molecule has 4 aliphatic rings. The van der Waals surface area contributed by atoms with Gasteiger partial charge in [-0.2, -0.15) is 15.0 Å². The molecule has 0 spiro atoms. The van der Waals surface area contributed by atoms with E-state index in [0.717, 1.165) is 57.4 Å². The molecular formula is C22H26N6O4. The van der Waals surface area contributed by atoms with E-state index in [1.165, 1.54) is 0 Å². The first-order valence-electron chi connectivity index (χ1n) is 11.2. The number of fused-ring (bicyclic) bond motifs is 4. The quantitative estimate of drug-likeness (QED) is 0.762. The molecule has 1 aromatic heterocycles. The summed E-state index contributed by atoms with van der Waals surface area (Å²) in [6.07, 6.45) is 4.44. The van der Waals surface area contributed by atoms with E-state index >= 15 is 0 Å². The molecule has 0 aliphatic carbocycles. The fourth-order valence-corrected chi connectivity index (χ4v) is 5.11. The number of nitrogens with zero attached hydrogens (tertiary/aromatic N) is 5. The highest BCUT2D eigenvalue weighted by atomic mass is 16.5. The van der Waals surface area contributed by atoms with Gasteiger partial charge in [-0.25, -0.2) is 4.79 Å². The van der Waals surface area contributed by atoms with Crippen LogP contribution >= 0.6 is 0 Å². The maximum atomic E-state index is 11.0. The van der Waals surface area contributed by atoms with Crippen molar-refractivity contribution in [1.29, 1.82) is 0 Å². The van der Waals surface area contributed by atoms with Crippen molar-refractivity contribution < 1.29 is 19.0 Å². The lowest BCUT2D eigenvalue weighted by Crippen LogP contribution is -2.45. The number of hydrogen-bond acceptors (Lipinski definition) is 9. The largest absolute Gasteiger partial charge is 0.411 e. The molecule has 1 amide bonds. The van der Waals surface area contributed by atoms with Gasteiger partial charge < -0.3 is 29.7 Å². The zero-order chi connectivity index (χ0) is 21.7. The summed E-state index contributed by atoms with van der Waals surface area (Å²) < 4.78 is 16.9. The Bertz CT molecular complexity index is 946. The van der Waals surface area contributed by atoms with E-state index in [4.69, 9.17) is 34.9 Å². The number of aromatic nitrogens is 3. The zero-order valence-electron chi connectivity index (χ0n) is 17.7. The van der Waals surface area contributed by atoms with Gasteiger partial charge in [-0.1, -0.05) is 0 Å². The minimum absolute atomic E-state index is 0.238. The number of anilines is 2. The van der Waals surface area contributed by atoms with Gasteiger partial charge >= 0.3 is 6.09 Å². The number of ether oxygens (including phenoxy) is 3. The lowest BCUT2D eigenvalue weighted by Gasteiger charge is -2.34. The minimum atomic E-state index is -0.841. The van der Waals surface area contributed by atoms with Crippen LogP contribution in [0.2, 0.25) is 0 Å². The van der Waals surface area contributed by atoms with Gasteiger partial charge in [-0.15, -0.1) is 0 Å². The van der Waals surface area contributed by atoms with Crippen molar-refractivity contribution >= 4 is 18.0 Å². The molecule has 4 bridgehead atoms. The van der Waals surface area contributed by atoms with Crippen LogP contribution in [0.25, 0.3) is 11.4 Å². The molecule has 10 nitrogen and oxygen atoms in total. The number of carbonyl (C=O) groups is 1. The van der Waals surface area contributed by atoms with Gasteiger partial charge in [-0.3, -0.25) is 0 Å². The standard InChI is InChI=1S/C22H26N6O4/c23-20(29)32-14-3-1-13(2-4-14)19-24-21(27-9-15-5-6-16(10-27)30-15)26-22(25-19)28-11-17-7-8-18(12-28)31-17/h1-4,15-18H,5-12H2,(H2,23,29). The molecule has 4 unspecified atom stereocenters. The van der Waals surface area contributed by atoms with Gasteiger partial charge in [-0.05, 0) is 49.9 Å². The van der Waals surface area contributed by atoms with Gasteiger partial charge in [0.15, 0.2) is 5.82 Å². The summed E-state index contributed by atoms with van der Waals surface area (Å²) in [5.74, 6) is 2.33. The normalized spacial score (nSPS) is 28.8. The number of morpholine rings is 2. The summed E-state index contributed by atoms with van der Waals surface area (Å²) in [5, 5.41) is 0. The molecule has 10 heteroatoms. The van der Waals surface area contributed by atoms with Gasteiger partial charge in [0.1, 0.15) is 5.75 Å². The van der Waals surface area contributed by atoms with E-state index in [1.54, 1.807) is 12.1 Å². The molecule has 0 radical (unpaired) electrons. The summed E-state index contributed by atoms with van der Waals surface area (Å²) in [6, 6.07) is 7.03. The van der Waals surface area contributed by atoms with E-state index < -0.39 is 6.09 Å². The van der Waals surface area contributed by atoms with Crippen LogP contribution in [0.4, 0.5) is 16.7 Å². The third kappa shape index (κ3) is 3.84. The summed E-state index contributed by atoms with van der Waals surface area (Å²) in [4.78, 5) is 30.0. The van der Waals surface area contributed by atoms with Crippen LogP contribution in [0.15, 0.2) is 24.3 Å². The second-order valence-electron chi connectivity index (χ2n) is 8.93. The molecule has 168 valence electrons. The number of carbonyl (C=O) groups excluding carboxylic acids is 1. The Kier molecular flexibility index (Phi) is 4.83. The van der Waals surface area contributed by atoms with Crippen LogP contribution in [0, 0.1) is 0 Å². The maximum Gasteiger partial charge on any atom is 0.409 e. The fraction of sp³-hybridized carbons (Fsp3) is 0.545. The second kappa shape index (κ2) is 7.86. The first-order chi connectivity index (χ1) is 15.6. The monoisotopic (exact) mass is 438 g/mol. The lowest BCUT2D eigenvalue weighted by atomic mass is 10.2. The van der Waals surface area contributed by atoms with Crippen LogP contribution in [0.3, 0.4) is 0 Å². The van der Waals surface area contributed by atoms with Crippen LogP contribution in [-0.4, -0.2) is 71.6 Å². The van der Waals surface area contributed by atoms with Crippen molar-refractivity contribution in [2.75, 3.05) is 36.0 Å². The molecule has 4 saturated heterocycles. The topological polar surface area (TPSA) is 116 Å². The molecule has 6 rings (SSSR count). The summed E-state index contributed by atoms with van der Waals surface area (Å²) in [6.45, 7) is 3.16. The molecule has 1 aromatic carbocycles. The van der Waals surface area contributed by atoms with Crippen molar-refractivity contribution in [3.63, 3.8) is 0 Å². The van der Waals surface area contributed by atoms with E-state index in [0.29, 0.717) is 23.5 Å². The van der Waals surface area contributed by atoms with Crippen LogP contribution < -0.4 is 20.3 Å². The number of benzene rings is 1. The first-order valence-corrected chi connectivity index (χ1v) is 11.2. The maximum absolute atomic E-state index is 11.0. The Hall–Kier alpha value is -2.98. The smallest absolute Gasteiger partial charge is 0.409 e. The first kappa shape index (κ1) is 19.7. The van der Waals surface area contributed by atoms with E-state index in [-0.39, 0.29) is 24.4 Å². The van der Waals surface area contributed by atoms with Gasteiger partial charge in [0.2, 0.25) is 11.9 Å². The summed E-state index contributed by atoms with van der Waals surface area (Å²) in [7, 11) is 0. The van der Waals surface area contributed by atoms with Gasteiger partial charge in [0.25, 0.3) is 0 Å². The van der Waals surface area contributed by atoms with Crippen molar-refractivity contribution in [2.24, 2.45) is 5.73 Å². The molecule has 0 saturated carbocycles. The lowest BCUT2D eigenvalue weighted by molar-refractivity contribution is 0.0293. The van der Waals surface area contributed by atoms with Crippen LogP contribution in [0.1, 0.15) is 25.7 Å². The minimum Gasteiger partial charge on any atom is -0.411 e. The number of hydrogen-bond donors (Lipinski definition) is 1. The average molecular weight is 438 g/mol. The number of primary amides is 1. The third-order valence-electron chi connectivity index (χ3n) is 6.60. The molecular weight excluding hydrogens is 412 g/mol. The summed E-state index contributed by atoms with van der Waals surface area (Å²) >= 11 is 0. The van der Waals surface area contributed by atoms with Crippen LogP contribution in [0.5, 0.6) is 5.75 Å². The predicted molar refractivity (Wildman–Crippen MR) is 116 cm³/mol. The number of amides is 1. The highest BCUT2D eigenvalue weighted by Gasteiger charge is 2.37. The Morgan fingerprint density at radius 1 is 0.812 bits per heavy atom. The highest BCUT2D eigenvalue weighted by Crippen LogP contribution is 2.32. The van der Waals surface area contributed by atoms with Crippen LogP contribution in [-0.2, 0) is 9.47 Å². The predicted octanol–water partition coefficient (Wildman–Crippen LogP) is 1.73. The zero-order valence-corrected chi connectivity index (χ0v) is 17.7. The fourth-order valence-electron chi connectivity index (χ4n) is 5.11. The molecule has 4 atom stereocenters. The summed E-state index contributed by atoms with van der Waals surface area (Å²) in [5.41, 5.74) is 5.93. The number of nitrogens with two attached hydrogens (primary N) is 1. The van der Waals surface area contributed by atoms with Gasteiger partial charge in [0, 0.05) is 31.7 Å². The van der Waals surface area contributed by atoms with E-state index in [2.05, 4.69) is 9.80 Å². The van der Waals surface area contributed by atoms with E-state index in [9.17, 15) is 4.79 Å². The SMILES string of the molecule is NC(=O)Oc1ccc(-c2nc(N3CC4CCC(C3)O4)nc(N3CC4CCC(C3)O4)n2)cc1. The molecule has 5 heterocycles. The second-order valence-corrected chi connectivity index (χ2v) is 8.93. The van der Waals surface area contributed by atoms with Crippen molar-refractivity contribution in [3.8, 4) is 17.1 Å². The molecule has 2 N–H and O–H groups in total. The van der Waals surface area contributed by atoms with Crippen molar-refractivity contribution in [3.05, 3.63) is 24.3 Å². The highest BCUT2D eigenvalue weighted by molar-refractivity contribution is 5.68. The Balaban J connectivity index is 1.35. The van der Waals surface area contributed by atoms with Gasteiger partial charge in [0.05, 0.1) is 24.4 Å². The van der Waals surface area contributed by atoms with E-state index in [1.807, 2.05) is 12.1 Å². The Labute approximate surface area is 185 Å². The molecule has 4 aliphatic heterocycles. The van der Waals surface area contributed by atoms with Crippen molar-refractivity contribution in [1.82, 2.24) is 15.0 Å². The Morgan fingerprint density at radius 2 is 1.28 bits per heavy atom. The Morgan fingerprint density at radius 3 is 1.72 bits per heavy atom. The average Bonchev–Trinajstić information content (AvgIpc) is 3.32.